The molecule has 1 atom stereocenters. The van der Waals surface area contributed by atoms with Gasteiger partial charge in [0.2, 0.25) is 0 Å². The molecule has 1 heterocycles. The predicted molar refractivity (Wildman–Crippen MR) is 90.1 cm³/mol. The fourth-order valence-corrected chi connectivity index (χ4v) is 6.66. The zero-order chi connectivity index (χ0) is 14.9. The summed E-state index contributed by atoms with van der Waals surface area (Å²) in [6.07, 6.45) is 10.7. The van der Waals surface area contributed by atoms with Gasteiger partial charge in [-0.3, -0.25) is 5.10 Å². The van der Waals surface area contributed by atoms with E-state index in [-0.39, 0.29) is 0 Å². The standard InChI is InChI=1S/C19H23ClN2/c1-11(17-6-16(20)5-15-10-21-22-18(15)17)19-7-12-2-13(8-19)4-14(3-12)9-19/h5-6,10-14H,2-4,7-9H2,1H3,(H,21,22). The summed E-state index contributed by atoms with van der Waals surface area (Å²) < 4.78 is 0. The zero-order valence-electron chi connectivity index (χ0n) is 13.1. The third-order valence-corrected chi connectivity index (χ3v) is 7.23. The fourth-order valence-electron chi connectivity index (χ4n) is 6.43. The predicted octanol–water partition coefficient (Wildman–Crippen LogP) is 5.54. The van der Waals surface area contributed by atoms with E-state index in [2.05, 4.69) is 23.2 Å². The first-order valence-corrected chi connectivity index (χ1v) is 9.13. The minimum absolute atomic E-state index is 0.511. The second-order valence-corrected chi connectivity index (χ2v) is 8.77. The molecule has 4 saturated carbocycles. The van der Waals surface area contributed by atoms with E-state index in [9.17, 15) is 0 Å². The molecule has 1 unspecified atom stereocenters. The van der Waals surface area contributed by atoms with Gasteiger partial charge in [-0.15, -0.1) is 0 Å². The van der Waals surface area contributed by atoms with Gasteiger partial charge in [0.1, 0.15) is 0 Å². The third-order valence-electron chi connectivity index (χ3n) is 7.01. The van der Waals surface area contributed by atoms with Gasteiger partial charge in [-0.05, 0) is 85.3 Å². The monoisotopic (exact) mass is 314 g/mol. The molecule has 3 heteroatoms. The fraction of sp³-hybridized carbons (Fsp3) is 0.632. The van der Waals surface area contributed by atoms with Crippen LogP contribution in [0.4, 0.5) is 0 Å². The SMILES string of the molecule is CC(c1cc(Cl)cc2cn[nH]c12)C12CC3CC(CC(C3)C1)C2. The Morgan fingerprint density at radius 2 is 1.77 bits per heavy atom. The number of nitrogens with one attached hydrogen (secondary N) is 1. The summed E-state index contributed by atoms with van der Waals surface area (Å²) in [5, 5.41) is 9.47. The highest BCUT2D eigenvalue weighted by Crippen LogP contribution is 2.64. The van der Waals surface area contributed by atoms with Crippen LogP contribution in [0.1, 0.15) is 56.9 Å². The van der Waals surface area contributed by atoms with Crippen molar-refractivity contribution >= 4 is 22.5 Å². The average molecular weight is 315 g/mol. The van der Waals surface area contributed by atoms with Crippen LogP contribution in [0.5, 0.6) is 0 Å². The van der Waals surface area contributed by atoms with Crippen LogP contribution in [-0.4, -0.2) is 10.2 Å². The first-order valence-electron chi connectivity index (χ1n) is 8.75. The molecule has 6 rings (SSSR count). The number of aromatic amines is 1. The number of hydrogen-bond donors (Lipinski definition) is 1. The number of benzene rings is 1. The molecule has 0 radical (unpaired) electrons. The molecule has 116 valence electrons. The van der Waals surface area contributed by atoms with Gasteiger partial charge in [0.05, 0.1) is 11.7 Å². The lowest BCUT2D eigenvalue weighted by molar-refractivity contribution is -0.0654. The van der Waals surface area contributed by atoms with E-state index >= 15 is 0 Å². The van der Waals surface area contributed by atoms with E-state index in [0.29, 0.717) is 11.3 Å². The van der Waals surface area contributed by atoms with Crippen LogP contribution in [0.15, 0.2) is 18.3 Å². The minimum Gasteiger partial charge on any atom is -0.278 e. The van der Waals surface area contributed by atoms with Gasteiger partial charge in [-0.25, -0.2) is 0 Å². The van der Waals surface area contributed by atoms with Gasteiger partial charge < -0.3 is 0 Å². The van der Waals surface area contributed by atoms with Crippen LogP contribution in [0, 0.1) is 23.2 Å². The number of nitrogens with zero attached hydrogens (tertiary/aromatic N) is 1. The van der Waals surface area contributed by atoms with Crippen molar-refractivity contribution in [3.63, 3.8) is 0 Å². The maximum Gasteiger partial charge on any atom is 0.0686 e. The van der Waals surface area contributed by atoms with Gasteiger partial charge in [0.25, 0.3) is 0 Å². The van der Waals surface area contributed by atoms with E-state index < -0.39 is 0 Å². The Morgan fingerprint density at radius 1 is 1.14 bits per heavy atom. The van der Waals surface area contributed by atoms with Gasteiger partial charge in [0.15, 0.2) is 0 Å². The molecule has 2 nitrogen and oxygen atoms in total. The van der Waals surface area contributed by atoms with E-state index in [0.717, 1.165) is 28.2 Å². The van der Waals surface area contributed by atoms with Crippen LogP contribution in [-0.2, 0) is 0 Å². The molecule has 4 fully saturated rings. The summed E-state index contributed by atoms with van der Waals surface area (Å²) in [4.78, 5) is 0. The van der Waals surface area contributed by atoms with E-state index in [1.54, 1.807) is 0 Å². The maximum absolute atomic E-state index is 6.39. The average Bonchev–Trinajstić information content (AvgIpc) is 2.92. The van der Waals surface area contributed by atoms with Crippen molar-refractivity contribution in [2.24, 2.45) is 23.2 Å². The van der Waals surface area contributed by atoms with Gasteiger partial charge in [0, 0.05) is 10.4 Å². The van der Waals surface area contributed by atoms with Crippen molar-refractivity contribution in [3.05, 3.63) is 28.9 Å². The molecule has 1 aromatic carbocycles. The summed E-state index contributed by atoms with van der Waals surface area (Å²) in [5.41, 5.74) is 3.10. The summed E-state index contributed by atoms with van der Waals surface area (Å²) in [6.45, 7) is 2.44. The Bertz CT molecular complexity index is 697. The molecule has 4 bridgehead atoms. The van der Waals surface area contributed by atoms with Crippen molar-refractivity contribution in [3.8, 4) is 0 Å². The Morgan fingerprint density at radius 3 is 2.41 bits per heavy atom. The first-order chi connectivity index (χ1) is 10.6. The lowest BCUT2D eigenvalue weighted by atomic mass is 9.46. The summed E-state index contributed by atoms with van der Waals surface area (Å²) in [7, 11) is 0. The highest BCUT2D eigenvalue weighted by Gasteiger charge is 2.53. The molecule has 0 saturated heterocycles. The van der Waals surface area contributed by atoms with E-state index in [1.807, 2.05) is 12.3 Å². The molecule has 0 spiro atoms. The largest absolute Gasteiger partial charge is 0.278 e. The number of halogens is 1. The number of aromatic nitrogens is 2. The first kappa shape index (κ1) is 13.4. The molecule has 4 aliphatic carbocycles. The second-order valence-electron chi connectivity index (χ2n) is 8.33. The number of H-pyrrole nitrogens is 1. The lowest BCUT2D eigenvalue weighted by Crippen LogP contribution is -2.48. The smallest absolute Gasteiger partial charge is 0.0686 e. The molecular formula is C19H23ClN2. The molecule has 0 aliphatic heterocycles. The Balaban J connectivity index is 1.61. The summed E-state index contributed by atoms with van der Waals surface area (Å²) in [5.74, 6) is 3.54. The zero-order valence-corrected chi connectivity index (χ0v) is 13.9. The minimum atomic E-state index is 0.511. The number of hydrogen-bond acceptors (Lipinski definition) is 1. The van der Waals surface area contributed by atoms with Crippen LogP contribution in [0.3, 0.4) is 0 Å². The third kappa shape index (κ3) is 1.83. The van der Waals surface area contributed by atoms with Crippen LogP contribution in [0.2, 0.25) is 5.02 Å². The Kier molecular flexibility index (Phi) is 2.75. The molecular weight excluding hydrogens is 292 g/mol. The lowest BCUT2D eigenvalue weighted by Gasteiger charge is -2.59. The molecule has 4 aliphatic rings. The highest BCUT2D eigenvalue weighted by atomic mass is 35.5. The number of fused-ring (bicyclic) bond motifs is 1. The molecule has 2 aromatic rings. The molecule has 1 aromatic heterocycles. The van der Waals surface area contributed by atoms with E-state index in [4.69, 9.17) is 11.6 Å². The van der Waals surface area contributed by atoms with Crippen LogP contribution in [0.25, 0.3) is 10.9 Å². The Labute approximate surface area is 136 Å². The maximum atomic E-state index is 6.39. The topological polar surface area (TPSA) is 28.7 Å². The van der Waals surface area contributed by atoms with Gasteiger partial charge in [-0.1, -0.05) is 18.5 Å². The van der Waals surface area contributed by atoms with Crippen molar-refractivity contribution in [2.45, 2.75) is 51.4 Å². The van der Waals surface area contributed by atoms with Crippen molar-refractivity contribution in [1.82, 2.24) is 10.2 Å². The van der Waals surface area contributed by atoms with Crippen LogP contribution >= 0.6 is 11.6 Å². The molecule has 0 amide bonds. The van der Waals surface area contributed by atoms with Crippen molar-refractivity contribution in [1.29, 1.82) is 0 Å². The van der Waals surface area contributed by atoms with Crippen molar-refractivity contribution < 1.29 is 0 Å². The second kappa shape index (κ2) is 4.50. The summed E-state index contributed by atoms with van der Waals surface area (Å²) >= 11 is 6.39. The summed E-state index contributed by atoms with van der Waals surface area (Å²) in [6, 6.07) is 4.21. The molecule has 22 heavy (non-hydrogen) atoms. The Hall–Kier alpha value is -1.02. The molecule has 1 N–H and O–H groups in total. The van der Waals surface area contributed by atoms with Crippen LogP contribution < -0.4 is 0 Å². The van der Waals surface area contributed by atoms with Crippen molar-refractivity contribution in [2.75, 3.05) is 0 Å². The number of rotatable bonds is 2. The normalized spacial score (nSPS) is 37.8. The van der Waals surface area contributed by atoms with E-state index in [1.165, 1.54) is 49.6 Å². The highest BCUT2D eigenvalue weighted by molar-refractivity contribution is 6.31. The quantitative estimate of drug-likeness (QED) is 0.775. The van der Waals surface area contributed by atoms with Gasteiger partial charge >= 0.3 is 0 Å². The van der Waals surface area contributed by atoms with Gasteiger partial charge in [-0.2, -0.15) is 5.10 Å².